The van der Waals surface area contributed by atoms with E-state index in [1.54, 1.807) is 24.3 Å². The highest BCUT2D eigenvalue weighted by Gasteiger charge is 2.35. The molecule has 0 fully saturated rings. The molecule has 0 saturated carbocycles. The van der Waals surface area contributed by atoms with Gasteiger partial charge in [-0.1, -0.05) is 44.0 Å². The fourth-order valence-electron chi connectivity index (χ4n) is 3.43. The number of carbonyl (C=O) groups excluding carboxylic acids is 1. The largest absolute Gasteiger partial charge is 0.494 e. The van der Waals surface area contributed by atoms with Gasteiger partial charge in [-0.25, -0.2) is 0 Å². The van der Waals surface area contributed by atoms with Gasteiger partial charge in [0.25, 0.3) is 5.91 Å². The van der Waals surface area contributed by atoms with Crippen LogP contribution in [0.3, 0.4) is 0 Å². The Morgan fingerprint density at radius 2 is 1.93 bits per heavy atom. The Labute approximate surface area is 157 Å². The molecule has 1 unspecified atom stereocenters. The molecule has 2 aromatic carbocycles. The van der Waals surface area contributed by atoms with E-state index < -0.39 is 6.04 Å². The fourth-order valence-corrected chi connectivity index (χ4v) is 3.43. The molecule has 138 valence electrons. The molecule has 0 spiro atoms. The lowest BCUT2D eigenvalue weighted by Gasteiger charge is -2.13. The average Bonchev–Trinajstić information content (AvgIpc) is 3.03. The molecule has 1 atom stereocenters. The summed E-state index contributed by atoms with van der Waals surface area (Å²) in [7, 11) is 0. The van der Waals surface area contributed by atoms with Crippen molar-refractivity contribution in [3.05, 3.63) is 75.6 Å². The number of rotatable bonds is 6. The van der Waals surface area contributed by atoms with Crippen LogP contribution >= 0.6 is 0 Å². The number of benzene rings is 2. The SMILES string of the molecule is CCCCCOc1cccc(C2NC(=O)c3oc4ccccc4c(=O)c32)c1. The molecule has 0 bridgehead atoms. The number of carbonyl (C=O) groups is 1. The molecule has 3 aromatic rings. The maximum atomic E-state index is 13.0. The molecule has 1 aliphatic rings. The smallest absolute Gasteiger partial charge is 0.288 e. The van der Waals surface area contributed by atoms with Gasteiger partial charge < -0.3 is 14.5 Å². The number of para-hydroxylation sites is 1. The highest BCUT2D eigenvalue weighted by atomic mass is 16.5. The number of nitrogens with one attached hydrogen (secondary N) is 1. The number of unbranched alkanes of at least 4 members (excludes halogenated alkanes) is 2. The summed E-state index contributed by atoms with van der Waals surface area (Å²) >= 11 is 0. The van der Waals surface area contributed by atoms with Gasteiger partial charge in [0.1, 0.15) is 11.3 Å². The quantitative estimate of drug-likeness (QED) is 0.667. The summed E-state index contributed by atoms with van der Waals surface area (Å²) in [6.45, 7) is 2.80. The first-order valence-electron chi connectivity index (χ1n) is 9.28. The van der Waals surface area contributed by atoms with Crippen molar-refractivity contribution < 1.29 is 13.9 Å². The van der Waals surface area contributed by atoms with E-state index in [1.165, 1.54) is 0 Å². The van der Waals surface area contributed by atoms with Gasteiger partial charge in [0.15, 0.2) is 5.43 Å². The Morgan fingerprint density at radius 1 is 1.07 bits per heavy atom. The zero-order valence-electron chi connectivity index (χ0n) is 15.2. The van der Waals surface area contributed by atoms with Crippen LogP contribution in [0.5, 0.6) is 5.75 Å². The summed E-state index contributed by atoms with van der Waals surface area (Å²) in [4.78, 5) is 25.4. The van der Waals surface area contributed by atoms with Crippen LogP contribution in [0.1, 0.15) is 53.9 Å². The summed E-state index contributed by atoms with van der Waals surface area (Å²) in [5.74, 6) is 0.460. The minimum atomic E-state index is -0.535. The highest BCUT2D eigenvalue weighted by molar-refractivity contribution is 5.98. The van der Waals surface area contributed by atoms with Crippen LogP contribution in [0.25, 0.3) is 11.0 Å². The second-order valence-electron chi connectivity index (χ2n) is 6.70. The van der Waals surface area contributed by atoms with Crippen LogP contribution in [0.15, 0.2) is 57.7 Å². The molecule has 1 N–H and O–H groups in total. The molecule has 5 heteroatoms. The Balaban J connectivity index is 1.70. The minimum absolute atomic E-state index is 0.0953. The van der Waals surface area contributed by atoms with E-state index in [9.17, 15) is 9.59 Å². The van der Waals surface area contributed by atoms with Crippen LogP contribution in [0.2, 0.25) is 0 Å². The number of ether oxygens (including phenoxy) is 1. The van der Waals surface area contributed by atoms with Crippen molar-refractivity contribution in [2.75, 3.05) is 6.61 Å². The van der Waals surface area contributed by atoms with Crippen molar-refractivity contribution in [1.29, 1.82) is 0 Å². The Kier molecular flexibility index (Phi) is 4.67. The summed E-state index contributed by atoms with van der Waals surface area (Å²) in [5.41, 5.74) is 1.41. The molecule has 1 aromatic heterocycles. The zero-order chi connectivity index (χ0) is 18.8. The molecule has 5 nitrogen and oxygen atoms in total. The first-order valence-corrected chi connectivity index (χ1v) is 9.28. The third-order valence-corrected chi connectivity index (χ3v) is 4.81. The monoisotopic (exact) mass is 363 g/mol. The lowest BCUT2D eigenvalue weighted by Crippen LogP contribution is -2.22. The Bertz CT molecular complexity index is 1050. The third-order valence-electron chi connectivity index (χ3n) is 4.81. The van der Waals surface area contributed by atoms with Crippen molar-refractivity contribution >= 4 is 16.9 Å². The number of hydrogen-bond donors (Lipinski definition) is 1. The second-order valence-corrected chi connectivity index (χ2v) is 6.70. The topological polar surface area (TPSA) is 68.5 Å². The van der Waals surface area contributed by atoms with E-state index >= 15 is 0 Å². The van der Waals surface area contributed by atoms with Gasteiger partial charge in [0.2, 0.25) is 5.76 Å². The first-order chi connectivity index (χ1) is 13.2. The van der Waals surface area contributed by atoms with Crippen LogP contribution in [0, 0.1) is 0 Å². The van der Waals surface area contributed by atoms with Crippen molar-refractivity contribution in [3.63, 3.8) is 0 Å². The van der Waals surface area contributed by atoms with Gasteiger partial charge in [0, 0.05) is 0 Å². The van der Waals surface area contributed by atoms with E-state index in [2.05, 4.69) is 12.2 Å². The predicted octanol–water partition coefficient (Wildman–Crippen LogP) is 4.19. The molecule has 0 saturated heterocycles. The molecular formula is C22H21NO4. The van der Waals surface area contributed by atoms with Crippen molar-refractivity contribution in [2.24, 2.45) is 0 Å². The van der Waals surface area contributed by atoms with Crippen molar-refractivity contribution in [1.82, 2.24) is 5.32 Å². The lowest BCUT2D eigenvalue weighted by atomic mass is 9.99. The van der Waals surface area contributed by atoms with Crippen molar-refractivity contribution in [2.45, 2.75) is 32.2 Å². The van der Waals surface area contributed by atoms with Gasteiger partial charge in [0.05, 0.1) is 23.6 Å². The molecule has 2 heterocycles. The van der Waals surface area contributed by atoms with Gasteiger partial charge in [-0.05, 0) is 36.2 Å². The summed E-state index contributed by atoms with van der Waals surface area (Å²) in [6.07, 6.45) is 3.26. The van der Waals surface area contributed by atoms with Gasteiger partial charge in [-0.15, -0.1) is 0 Å². The second kappa shape index (κ2) is 7.27. The molecular weight excluding hydrogens is 342 g/mol. The van der Waals surface area contributed by atoms with E-state index in [0.29, 0.717) is 23.1 Å². The molecule has 1 aliphatic heterocycles. The summed E-state index contributed by atoms with van der Waals surface area (Å²) < 4.78 is 11.5. The maximum Gasteiger partial charge on any atom is 0.288 e. The third kappa shape index (κ3) is 3.21. The predicted molar refractivity (Wildman–Crippen MR) is 103 cm³/mol. The van der Waals surface area contributed by atoms with Gasteiger partial charge in [-0.3, -0.25) is 9.59 Å². The Hall–Kier alpha value is -3.08. The zero-order valence-corrected chi connectivity index (χ0v) is 15.2. The number of amides is 1. The minimum Gasteiger partial charge on any atom is -0.494 e. The normalized spacial score (nSPS) is 15.6. The average molecular weight is 363 g/mol. The van der Waals surface area contributed by atoms with E-state index in [0.717, 1.165) is 30.6 Å². The maximum absolute atomic E-state index is 13.0. The molecule has 1 amide bonds. The molecule has 0 aliphatic carbocycles. The summed E-state index contributed by atoms with van der Waals surface area (Å²) in [6, 6.07) is 14.0. The van der Waals surface area contributed by atoms with Crippen LogP contribution in [0.4, 0.5) is 0 Å². The number of fused-ring (bicyclic) bond motifs is 2. The van der Waals surface area contributed by atoms with Gasteiger partial charge >= 0.3 is 0 Å². The van der Waals surface area contributed by atoms with Gasteiger partial charge in [-0.2, -0.15) is 0 Å². The standard InChI is InChI=1S/C22H21NO4/c1-2-3-6-12-26-15-9-7-8-14(13-15)19-18-20(24)16-10-4-5-11-17(16)27-21(18)22(25)23-19/h4-5,7-11,13,19H,2-3,6,12H2,1H3,(H,23,25). The van der Waals surface area contributed by atoms with Crippen LogP contribution in [-0.2, 0) is 0 Å². The first kappa shape index (κ1) is 17.3. The van der Waals surface area contributed by atoms with E-state index in [4.69, 9.17) is 9.15 Å². The Morgan fingerprint density at radius 3 is 2.78 bits per heavy atom. The van der Waals surface area contributed by atoms with Crippen LogP contribution < -0.4 is 15.5 Å². The molecule has 4 rings (SSSR count). The van der Waals surface area contributed by atoms with Crippen molar-refractivity contribution in [3.8, 4) is 5.75 Å². The lowest BCUT2D eigenvalue weighted by molar-refractivity contribution is 0.0938. The molecule has 27 heavy (non-hydrogen) atoms. The highest BCUT2D eigenvalue weighted by Crippen LogP contribution is 2.32. The number of hydrogen-bond acceptors (Lipinski definition) is 4. The fraction of sp³-hybridized carbons (Fsp3) is 0.273. The van der Waals surface area contributed by atoms with E-state index in [-0.39, 0.29) is 17.1 Å². The summed E-state index contributed by atoms with van der Waals surface area (Å²) in [5, 5.41) is 3.34. The molecule has 0 radical (unpaired) electrons. The van der Waals surface area contributed by atoms with E-state index in [1.807, 2.05) is 24.3 Å². The van der Waals surface area contributed by atoms with Crippen LogP contribution in [-0.4, -0.2) is 12.5 Å².